The van der Waals surface area contributed by atoms with Gasteiger partial charge >= 0.3 is 0 Å². The third kappa shape index (κ3) is 4.51. The van der Waals surface area contributed by atoms with Crippen molar-refractivity contribution in [3.8, 4) is 0 Å². The Bertz CT molecular complexity index is 582. The summed E-state index contributed by atoms with van der Waals surface area (Å²) in [4.78, 5) is 0. The molecule has 0 aliphatic rings. The Labute approximate surface area is 129 Å². The van der Waals surface area contributed by atoms with Crippen LogP contribution in [-0.4, -0.2) is 21.4 Å². The monoisotopic (exact) mass is 308 g/mol. The molecule has 0 atom stereocenters. The zero-order valence-corrected chi connectivity index (χ0v) is 12.8. The van der Waals surface area contributed by atoms with Crippen molar-refractivity contribution in [3.05, 3.63) is 47.1 Å². The van der Waals surface area contributed by atoms with E-state index in [9.17, 15) is 0 Å². The zero-order chi connectivity index (χ0) is 14.4. The number of halogens is 1. The van der Waals surface area contributed by atoms with Crippen molar-refractivity contribution in [1.29, 1.82) is 0 Å². The lowest BCUT2D eigenvalue weighted by Gasteiger charge is -2.07. The molecule has 2 N–H and O–H groups in total. The van der Waals surface area contributed by atoms with Crippen LogP contribution in [0.25, 0.3) is 0 Å². The predicted octanol–water partition coefficient (Wildman–Crippen LogP) is 3.28. The van der Waals surface area contributed by atoms with Crippen molar-refractivity contribution in [2.24, 2.45) is 0 Å². The van der Waals surface area contributed by atoms with Crippen molar-refractivity contribution >= 4 is 34.7 Å². The van der Waals surface area contributed by atoms with Gasteiger partial charge in [-0.15, -0.1) is 0 Å². The maximum atomic E-state index is 5.97. The molecule has 0 saturated carbocycles. The SMILES string of the molecule is CCCNC(=S)Nc1ccn(Cc2cccc(Cl)c2)n1. The number of hydrogen-bond donors (Lipinski definition) is 2. The molecule has 1 heterocycles. The van der Waals surface area contributed by atoms with E-state index in [2.05, 4.69) is 22.7 Å². The summed E-state index contributed by atoms with van der Waals surface area (Å²) in [6.45, 7) is 3.63. The number of nitrogens with one attached hydrogen (secondary N) is 2. The smallest absolute Gasteiger partial charge is 0.171 e. The molecule has 0 radical (unpaired) electrons. The highest BCUT2D eigenvalue weighted by Crippen LogP contribution is 2.12. The molecular weight excluding hydrogens is 292 g/mol. The lowest BCUT2D eigenvalue weighted by molar-refractivity contribution is 0.690. The molecule has 4 nitrogen and oxygen atoms in total. The van der Waals surface area contributed by atoms with E-state index >= 15 is 0 Å². The second-order valence-electron chi connectivity index (χ2n) is 4.41. The standard InChI is InChI=1S/C14H17ClN4S/c1-2-7-16-14(20)17-13-6-8-19(18-13)10-11-4-3-5-12(15)9-11/h3-6,8-9H,2,7,10H2,1H3,(H2,16,17,18,20). The van der Waals surface area contributed by atoms with Crippen LogP contribution in [0.3, 0.4) is 0 Å². The third-order valence-corrected chi connectivity index (χ3v) is 3.13. The van der Waals surface area contributed by atoms with Crippen molar-refractivity contribution < 1.29 is 0 Å². The summed E-state index contributed by atoms with van der Waals surface area (Å²) >= 11 is 11.1. The van der Waals surface area contributed by atoms with Crippen molar-refractivity contribution in [2.45, 2.75) is 19.9 Å². The Balaban J connectivity index is 1.93. The Morgan fingerprint density at radius 3 is 3.00 bits per heavy atom. The van der Waals surface area contributed by atoms with Gasteiger partial charge in [0, 0.05) is 23.8 Å². The fourth-order valence-electron chi connectivity index (χ4n) is 1.74. The molecule has 0 unspecified atom stereocenters. The molecular formula is C14H17ClN4S. The average Bonchev–Trinajstić information content (AvgIpc) is 2.83. The minimum Gasteiger partial charge on any atom is -0.362 e. The van der Waals surface area contributed by atoms with Crippen LogP contribution in [0.4, 0.5) is 5.82 Å². The quantitative estimate of drug-likeness (QED) is 0.832. The van der Waals surface area contributed by atoms with Crippen LogP contribution in [0.2, 0.25) is 5.02 Å². The lowest BCUT2D eigenvalue weighted by Crippen LogP contribution is -2.29. The molecule has 0 aliphatic carbocycles. The number of anilines is 1. The third-order valence-electron chi connectivity index (χ3n) is 2.65. The van der Waals surface area contributed by atoms with Gasteiger partial charge in [-0.2, -0.15) is 5.10 Å². The van der Waals surface area contributed by atoms with E-state index in [0.29, 0.717) is 11.7 Å². The average molecular weight is 309 g/mol. The molecule has 0 amide bonds. The van der Waals surface area contributed by atoms with Crippen molar-refractivity contribution in [2.75, 3.05) is 11.9 Å². The van der Waals surface area contributed by atoms with E-state index in [1.165, 1.54) is 0 Å². The Hall–Kier alpha value is -1.59. The summed E-state index contributed by atoms with van der Waals surface area (Å²) in [5, 5.41) is 11.9. The molecule has 0 bridgehead atoms. The molecule has 1 aromatic heterocycles. The molecule has 106 valence electrons. The Morgan fingerprint density at radius 2 is 2.25 bits per heavy atom. The second kappa shape index (κ2) is 7.26. The summed E-state index contributed by atoms with van der Waals surface area (Å²) in [7, 11) is 0. The van der Waals surface area contributed by atoms with Crippen LogP contribution in [0.1, 0.15) is 18.9 Å². The fraction of sp³-hybridized carbons (Fsp3) is 0.286. The van der Waals surface area contributed by atoms with Gasteiger partial charge in [0.25, 0.3) is 0 Å². The van der Waals surface area contributed by atoms with E-state index < -0.39 is 0 Å². The number of thiocarbonyl (C=S) groups is 1. The van der Waals surface area contributed by atoms with Gasteiger partial charge in [-0.1, -0.05) is 30.7 Å². The largest absolute Gasteiger partial charge is 0.362 e. The van der Waals surface area contributed by atoms with E-state index in [1.807, 2.05) is 41.2 Å². The molecule has 2 aromatic rings. The van der Waals surface area contributed by atoms with Crippen LogP contribution < -0.4 is 10.6 Å². The molecule has 6 heteroatoms. The van der Waals surface area contributed by atoms with E-state index in [1.54, 1.807) is 0 Å². The summed E-state index contributed by atoms with van der Waals surface area (Å²) < 4.78 is 1.84. The topological polar surface area (TPSA) is 41.9 Å². The highest BCUT2D eigenvalue weighted by molar-refractivity contribution is 7.80. The minimum atomic E-state index is 0.597. The summed E-state index contributed by atoms with van der Waals surface area (Å²) in [6.07, 6.45) is 2.94. The van der Waals surface area contributed by atoms with Gasteiger partial charge in [0.15, 0.2) is 10.9 Å². The summed E-state index contributed by atoms with van der Waals surface area (Å²) in [5.74, 6) is 0.737. The maximum absolute atomic E-state index is 5.97. The van der Waals surface area contributed by atoms with Crippen LogP contribution in [0.15, 0.2) is 36.5 Å². The molecule has 20 heavy (non-hydrogen) atoms. The number of hydrogen-bond acceptors (Lipinski definition) is 2. The summed E-state index contributed by atoms with van der Waals surface area (Å²) in [6, 6.07) is 9.64. The first-order chi connectivity index (χ1) is 9.67. The Morgan fingerprint density at radius 1 is 1.40 bits per heavy atom. The highest BCUT2D eigenvalue weighted by atomic mass is 35.5. The number of nitrogens with zero attached hydrogens (tertiary/aromatic N) is 2. The van der Waals surface area contributed by atoms with Crippen molar-refractivity contribution in [1.82, 2.24) is 15.1 Å². The van der Waals surface area contributed by atoms with Crippen LogP contribution in [0, 0.1) is 0 Å². The van der Waals surface area contributed by atoms with Gasteiger partial charge < -0.3 is 10.6 Å². The first-order valence-electron chi connectivity index (χ1n) is 6.50. The first-order valence-corrected chi connectivity index (χ1v) is 7.28. The highest BCUT2D eigenvalue weighted by Gasteiger charge is 2.02. The normalized spacial score (nSPS) is 10.3. The number of aromatic nitrogens is 2. The zero-order valence-electron chi connectivity index (χ0n) is 11.3. The maximum Gasteiger partial charge on any atom is 0.171 e. The van der Waals surface area contributed by atoms with Crippen LogP contribution in [0.5, 0.6) is 0 Å². The fourth-order valence-corrected chi connectivity index (χ4v) is 2.16. The van der Waals surface area contributed by atoms with E-state index in [0.717, 1.165) is 29.4 Å². The molecule has 0 saturated heterocycles. The summed E-state index contributed by atoms with van der Waals surface area (Å²) in [5.41, 5.74) is 1.11. The molecule has 0 fully saturated rings. The van der Waals surface area contributed by atoms with Gasteiger partial charge in [-0.25, -0.2) is 0 Å². The predicted molar refractivity (Wildman–Crippen MR) is 87.3 cm³/mol. The van der Waals surface area contributed by atoms with Gasteiger partial charge in [0.2, 0.25) is 0 Å². The molecule has 0 spiro atoms. The number of rotatable bonds is 5. The van der Waals surface area contributed by atoms with Crippen molar-refractivity contribution in [3.63, 3.8) is 0 Å². The van der Waals surface area contributed by atoms with Crippen LogP contribution >= 0.6 is 23.8 Å². The minimum absolute atomic E-state index is 0.597. The molecule has 1 aromatic carbocycles. The first kappa shape index (κ1) is 14.8. The number of benzene rings is 1. The second-order valence-corrected chi connectivity index (χ2v) is 5.25. The van der Waals surface area contributed by atoms with Gasteiger partial charge in [0.1, 0.15) is 0 Å². The molecule has 0 aliphatic heterocycles. The van der Waals surface area contributed by atoms with Gasteiger partial charge in [-0.05, 0) is 36.3 Å². The molecule has 2 rings (SSSR count). The Kier molecular flexibility index (Phi) is 5.38. The van der Waals surface area contributed by atoms with E-state index in [4.69, 9.17) is 23.8 Å². The lowest BCUT2D eigenvalue weighted by atomic mass is 10.2. The van der Waals surface area contributed by atoms with Gasteiger partial charge in [-0.3, -0.25) is 4.68 Å². The van der Waals surface area contributed by atoms with Gasteiger partial charge in [0.05, 0.1) is 6.54 Å². The van der Waals surface area contributed by atoms with E-state index in [-0.39, 0.29) is 0 Å². The van der Waals surface area contributed by atoms with Crippen LogP contribution in [-0.2, 0) is 6.54 Å².